The maximum Gasteiger partial charge on any atom is 0.291 e. The van der Waals surface area contributed by atoms with Gasteiger partial charge in [-0.05, 0) is 25.5 Å². The molecule has 1 amide bonds. The Kier molecular flexibility index (Phi) is 4.23. The molecule has 0 saturated carbocycles. The highest BCUT2D eigenvalue weighted by Gasteiger charge is 2.15. The number of aromatic nitrogens is 4. The second-order valence-electron chi connectivity index (χ2n) is 6.44. The Labute approximate surface area is 154 Å². The zero-order valence-electron chi connectivity index (χ0n) is 15.1. The van der Waals surface area contributed by atoms with Gasteiger partial charge < -0.3 is 9.73 Å². The number of amides is 1. The molecule has 4 rings (SSSR count). The Bertz CT molecular complexity index is 1190. The first-order valence-electron chi connectivity index (χ1n) is 8.68. The van der Waals surface area contributed by atoms with Crippen LogP contribution in [0.1, 0.15) is 23.6 Å². The molecular formula is C19H19N5O3. The molecule has 4 aromatic rings. The number of nitrogens with one attached hydrogen (secondary N) is 1. The van der Waals surface area contributed by atoms with Crippen molar-refractivity contribution >= 4 is 22.5 Å². The molecule has 138 valence electrons. The highest BCUT2D eigenvalue weighted by molar-refractivity contribution is 5.83. The molecule has 1 N–H and O–H groups in total. The van der Waals surface area contributed by atoms with E-state index >= 15 is 0 Å². The van der Waals surface area contributed by atoms with E-state index in [9.17, 15) is 9.59 Å². The lowest BCUT2D eigenvalue weighted by Crippen LogP contribution is -2.30. The van der Waals surface area contributed by atoms with Gasteiger partial charge in [-0.1, -0.05) is 6.07 Å². The maximum absolute atomic E-state index is 12.7. The minimum atomic E-state index is -0.246. The molecule has 0 aliphatic carbocycles. The molecule has 0 fully saturated rings. The van der Waals surface area contributed by atoms with Crippen LogP contribution in [0.15, 0.2) is 45.9 Å². The molecule has 4 aromatic heterocycles. The predicted molar refractivity (Wildman–Crippen MR) is 99.4 cm³/mol. The van der Waals surface area contributed by atoms with Crippen molar-refractivity contribution in [2.75, 3.05) is 0 Å². The topological polar surface area (TPSA) is 94.4 Å². The lowest BCUT2D eigenvalue weighted by molar-refractivity contribution is -0.121. The monoisotopic (exact) mass is 365 g/mol. The summed E-state index contributed by atoms with van der Waals surface area (Å²) in [7, 11) is 0. The number of furan rings is 1. The zero-order chi connectivity index (χ0) is 19.0. The van der Waals surface area contributed by atoms with Gasteiger partial charge in [0, 0.05) is 37.5 Å². The molecule has 27 heavy (non-hydrogen) atoms. The first-order valence-corrected chi connectivity index (χ1v) is 8.68. The molecule has 0 unspecified atom stereocenters. The van der Waals surface area contributed by atoms with Crippen molar-refractivity contribution in [3.8, 4) is 0 Å². The van der Waals surface area contributed by atoms with E-state index < -0.39 is 0 Å². The van der Waals surface area contributed by atoms with Crippen LogP contribution in [0.25, 0.3) is 16.6 Å². The second-order valence-corrected chi connectivity index (χ2v) is 6.44. The Hall–Kier alpha value is -3.42. The third kappa shape index (κ3) is 3.21. The molecule has 8 nitrogen and oxygen atoms in total. The van der Waals surface area contributed by atoms with Crippen LogP contribution in [-0.2, 0) is 17.9 Å². The fourth-order valence-corrected chi connectivity index (χ4v) is 3.17. The molecule has 0 aliphatic heterocycles. The third-order valence-corrected chi connectivity index (χ3v) is 4.42. The van der Waals surface area contributed by atoms with E-state index in [4.69, 9.17) is 4.42 Å². The van der Waals surface area contributed by atoms with Gasteiger partial charge in [0.1, 0.15) is 17.1 Å². The lowest BCUT2D eigenvalue weighted by Gasteiger charge is -2.09. The molecule has 8 heteroatoms. The van der Waals surface area contributed by atoms with Gasteiger partial charge >= 0.3 is 0 Å². The third-order valence-electron chi connectivity index (χ3n) is 4.42. The second kappa shape index (κ2) is 6.71. The lowest BCUT2D eigenvalue weighted by atomic mass is 10.3. The number of fused-ring (bicyclic) bond motifs is 3. The van der Waals surface area contributed by atoms with E-state index in [1.165, 1.54) is 4.68 Å². The Morgan fingerprint density at radius 2 is 2.11 bits per heavy atom. The summed E-state index contributed by atoms with van der Waals surface area (Å²) in [4.78, 5) is 28.8. The molecule has 0 bridgehead atoms. The summed E-state index contributed by atoms with van der Waals surface area (Å²) >= 11 is 0. The van der Waals surface area contributed by atoms with Crippen molar-refractivity contribution in [3.63, 3.8) is 0 Å². The van der Waals surface area contributed by atoms with E-state index in [1.807, 2.05) is 32.0 Å². The van der Waals surface area contributed by atoms with Crippen molar-refractivity contribution in [1.29, 1.82) is 0 Å². The van der Waals surface area contributed by atoms with Crippen molar-refractivity contribution in [1.82, 2.24) is 24.5 Å². The summed E-state index contributed by atoms with van der Waals surface area (Å²) in [6, 6.07) is 7.31. The van der Waals surface area contributed by atoms with Gasteiger partial charge in [0.05, 0.1) is 12.1 Å². The summed E-state index contributed by atoms with van der Waals surface area (Å²) in [6.45, 7) is 4.30. The van der Waals surface area contributed by atoms with Gasteiger partial charge in [0.15, 0.2) is 5.58 Å². The van der Waals surface area contributed by atoms with Gasteiger partial charge in [-0.15, -0.1) is 0 Å². The van der Waals surface area contributed by atoms with Crippen LogP contribution in [0, 0.1) is 13.8 Å². The molecule has 0 saturated heterocycles. The van der Waals surface area contributed by atoms with Gasteiger partial charge in [-0.25, -0.2) is 4.68 Å². The van der Waals surface area contributed by atoms with Crippen LogP contribution in [0.4, 0.5) is 0 Å². The molecule has 0 aliphatic rings. The SMILES string of the molecule is Cc1cc2c(cc3c(=O)n(CCC(=O)NCc4cccnc4)nc(C)n32)o1. The first kappa shape index (κ1) is 17.0. The fraction of sp³-hybridized carbons (Fsp3) is 0.263. The van der Waals surface area contributed by atoms with Crippen LogP contribution < -0.4 is 10.9 Å². The molecule has 0 spiro atoms. The number of nitrogens with zero attached hydrogens (tertiary/aromatic N) is 4. The Balaban J connectivity index is 1.51. The quantitative estimate of drug-likeness (QED) is 0.583. The van der Waals surface area contributed by atoms with E-state index in [0.29, 0.717) is 23.5 Å². The number of pyridine rings is 1. The fourth-order valence-electron chi connectivity index (χ4n) is 3.17. The van der Waals surface area contributed by atoms with Crippen LogP contribution in [-0.4, -0.2) is 25.1 Å². The highest BCUT2D eigenvalue weighted by atomic mass is 16.3. The number of carbonyl (C=O) groups excluding carboxylic acids is 1. The molecule has 0 radical (unpaired) electrons. The highest BCUT2D eigenvalue weighted by Crippen LogP contribution is 2.22. The normalized spacial score (nSPS) is 11.3. The van der Waals surface area contributed by atoms with Crippen molar-refractivity contribution in [3.05, 3.63) is 64.2 Å². The average molecular weight is 365 g/mol. The van der Waals surface area contributed by atoms with Gasteiger partial charge in [0.25, 0.3) is 5.56 Å². The zero-order valence-corrected chi connectivity index (χ0v) is 15.1. The van der Waals surface area contributed by atoms with E-state index in [0.717, 1.165) is 16.8 Å². The standard InChI is InChI=1S/C19H19N5O3/c1-12-8-15-17(27-12)9-16-19(26)23(22-13(2)24(15)16)7-5-18(25)21-11-14-4-3-6-20-10-14/h3-4,6,8-10H,5,7,11H2,1-2H3,(H,21,25). The summed E-state index contributed by atoms with van der Waals surface area (Å²) < 4.78 is 8.73. The largest absolute Gasteiger partial charge is 0.460 e. The number of rotatable bonds is 5. The summed E-state index contributed by atoms with van der Waals surface area (Å²) in [5.74, 6) is 1.30. The van der Waals surface area contributed by atoms with Crippen molar-refractivity contribution in [2.45, 2.75) is 33.4 Å². The Morgan fingerprint density at radius 3 is 2.89 bits per heavy atom. The molecular weight excluding hydrogens is 346 g/mol. The smallest absolute Gasteiger partial charge is 0.291 e. The van der Waals surface area contributed by atoms with Crippen LogP contribution >= 0.6 is 0 Å². The van der Waals surface area contributed by atoms with E-state index in [2.05, 4.69) is 15.4 Å². The maximum atomic E-state index is 12.7. The van der Waals surface area contributed by atoms with Crippen molar-refractivity contribution < 1.29 is 9.21 Å². The minimum absolute atomic E-state index is 0.148. The summed E-state index contributed by atoms with van der Waals surface area (Å²) in [5, 5.41) is 7.18. The van der Waals surface area contributed by atoms with Crippen LogP contribution in [0.5, 0.6) is 0 Å². The van der Waals surface area contributed by atoms with Crippen LogP contribution in [0.2, 0.25) is 0 Å². The van der Waals surface area contributed by atoms with Gasteiger partial charge in [0.2, 0.25) is 5.91 Å². The predicted octanol–water partition coefficient (Wildman–Crippen LogP) is 1.96. The molecule has 0 aromatic carbocycles. The average Bonchev–Trinajstić information content (AvgIpc) is 3.19. The van der Waals surface area contributed by atoms with E-state index in [1.54, 1.807) is 22.9 Å². The Morgan fingerprint density at radius 1 is 1.26 bits per heavy atom. The number of hydrogen-bond donors (Lipinski definition) is 1. The molecule has 4 heterocycles. The van der Waals surface area contributed by atoms with Crippen LogP contribution in [0.3, 0.4) is 0 Å². The summed E-state index contributed by atoms with van der Waals surface area (Å²) in [5.41, 5.74) is 2.65. The van der Waals surface area contributed by atoms with Gasteiger partial charge in [-0.3, -0.25) is 19.0 Å². The van der Waals surface area contributed by atoms with Crippen molar-refractivity contribution in [2.24, 2.45) is 0 Å². The minimum Gasteiger partial charge on any atom is -0.460 e. The van der Waals surface area contributed by atoms with Gasteiger partial charge in [-0.2, -0.15) is 5.10 Å². The van der Waals surface area contributed by atoms with E-state index in [-0.39, 0.29) is 24.4 Å². The number of hydrogen-bond acceptors (Lipinski definition) is 5. The molecule has 0 atom stereocenters. The number of carbonyl (C=O) groups is 1. The number of aryl methyl sites for hydroxylation is 3. The first-order chi connectivity index (χ1) is 13.0. The summed E-state index contributed by atoms with van der Waals surface area (Å²) in [6.07, 6.45) is 3.55.